The lowest BCUT2D eigenvalue weighted by molar-refractivity contribution is 0.403. The first-order valence-corrected chi connectivity index (χ1v) is 7.45. The lowest BCUT2D eigenvalue weighted by Crippen LogP contribution is -2.18. The quantitative estimate of drug-likeness (QED) is 0.812. The maximum atomic E-state index is 12.4. The average Bonchev–Trinajstić information content (AvgIpc) is 2.42. The van der Waals surface area contributed by atoms with E-state index in [4.69, 9.17) is 10.5 Å². The van der Waals surface area contributed by atoms with Crippen LogP contribution in [0.4, 0.5) is 11.4 Å². The van der Waals surface area contributed by atoms with Gasteiger partial charge in [-0.3, -0.25) is 9.52 Å². The number of nitrogen functional groups attached to an aromatic ring is 1. The molecular weight excluding hydrogens is 294 g/mol. The standard InChI is InChI=1S/C13H15N3O4S/c1-16-8-10(4-6-13(16)17)15-21(18,19)12-7-9(14)3-5-11(12)20-2/h3-8,15H,14H2,1-2H3. The zero-order chi connectivity index (χ0) is 15.6. The Labute approximate surface area is 122 Å². The molecule has 2 aromatic rings. The number of hydrogen-bond acceptors (Lipinski definition) is 5. The number of hydrogen-bond donors (Lipinski definition) is 2. The van der Waals surface area contributed by atoms with Gasteiger partial charge in [0.2, 0.25) is 5.56 Å². The first-order valence-electron chi connectivity index (χ1n) is 5.96. The highest BCUT2D eigenvalue weighted by Crippen LogP contribution is 2.27. The number of nitrogens with zero attached hydrogens (tertiary/aromatic N) is 1. The van der Waals surface area contributed by atoms with Crippen molar-refractivity contribution in [2.75, 3.05) is 17.6 Å². The summed E-state index contributed by atoms with van der Waals surface area (Å²) < 4.78 is 33.5. The van der Waals surface area contributed by atoms with Gasteiger partial charge in [0.15, 0.2) is 0 Å². The molecule has 7 nitrogen and oxygen atoms in total. The Balaban J connectivity index is 2.45. The first kappa shape index (κ1) is 14.9. The van der Waals surface area contributed by atoms with Crippen molar-refractivity contribution in [3.05, 3.63) is 46.9 Å². The van der Waals surface area contributed by atoms with Gasteiger partial charge in [0.25, 0.3) is 10.0 Å². The molecule has 0 bridgehead atoms. The fourth-order valence-electron chi connectivity index (χ4n) is 1.77. The monoisotopic (exact) mass is 309 g/mol. The van der Waals surface area contributed by atoms with Crippen LogP contribution in [-0.2, 0) is 17.1 Å². The van der Waals surface area contributed by atoms with Crippen molar-refractivity contribution in [3.63, 3.8) is 0 Å². The highest BCUT2D eigenvalue weighted by Gasteiger charge is 2.20. The van der Waals surface area contributed by atoms with Gasteiger partial charge in [-0.05, 0) is 24.3 Å². The van der Waals surface area contributed by atoms with E-state index in [1.54, 1.807) is 6.07 Å². The lowest BCUT2D eigenvalue weighted by atomic mass is 10.3. The molecule has 8 heteroatoms. The van der Waals surface area contributed by atoms with E-state index in [0.717, 1.165) is 0 Å². The highest BCUT2D eigenvalue weighted by molar-refractivity contribution is 7.92. The zero-order valence-corrected chi connectivity index (χ0v) is 12.3. The number of sulfonamides is 1. The summed E-state index contributed by atoms with van der Waals surface area (Å²) in [4.78, 5) is 11.2. The summed E-state index contributed by atoms with van der Waals surface area (Å²) in [5.74, 6) is 0.182. The third-order valence-corrected chi connectivity index (χ3v) is 4.22. The second kappa shape index (κ2) is 5.49. The van der Waals surface area contributed by atoms with Crippen LogP contribution in [0.5, 0.6) is 5.75 Å². The molecule has 0 radical (unpaired) electrons. The van der Waals surface area contributed by atoms with Crippen molar-refractivity contribution >= 4 is 21.4 Å². The van der Waals surface area contributed by atoms with Crippen LogP contribution in [0.15, 0.2) is 46.2 Å². The van der Waals surface area contributed by atoms with Crippen LogP contribution in [0.3, 0.4) is 0 Å². The van der Waals surface area contributed by atoms with Gasteiger partial charge in [-0.25, -0.2) is 8.42 Å². The van der Waals surface area contributed by atoms with E-state index >= 15 is 0 Å². The number of pyridine rings is 1. The minimum absolute atomic E-state index is 0.0705. The Morgan fingerprint density at radius 2 is 1.95 bits per heavy atom. The lowest BCUT2D eigenvalue weighted by Gasteiger charge is -2.12. The molecule has 0 aliphatic heterocycles. The Morgan fingerprint density at radius 3 is 2.57 bits per heavy atom. The van der Waals surface area contributed by atoms with E-state index < -0.39 is 10.0 Å². The second-order valence-electron chi connectivity index (χ2n) is 4.38. The summed E-state index contributed by atoms with van der Waals surface area (Å²) >= 11 is 0. The maximum absolute atomic E-state index is 12.4. The van der Waals surface area contributed by atoms with Crippen molar-refractivity contribution in [1.82, 2.24) is 4.57 Å². The van der Waals surface area contributed by atoms with Gasteiger partial charge in [-0.15, -0.1) is 0 Å². The molecule has 0 saturated heterocycles. The topological polar surface area (TPSA) is 103 Å². The van der Waals surface area contributed by atoms with Crippen LogP contribution in [-0.4, -0.2) is 20.1 Å². The number of aryl methyl sites for hydroxylation is 1. The molecule has 0 atom stereocenters. The van der Waals surface area contributed by atoms with Crippen molar-refractivity contribution in [2.45, 2.75) is 4.90 Å². The number of methoxy groups -OCH3 is 1. The number of anilines is 2. The summed E-state index contributed by atoms with van der Waals surface area (Å²) in [5.41, 5.74) is 5.95. The van der Waals surface area contributed by atoms with Gasteiger partial charge in [-0.2, -0.15) is 0 Å². The normalized spacial score (nSPS) is 11.1. The number of nitrogens with two attached hydrogens (primary N) is 1. The van der Waals surface area contributed by atoms with Gasteiger partial charge < -0.3 is 15.0 Å². The molecule has 112 valence electrons. The second-order valence-corrected chi connectivity index (χ2v) is 6.03. The Hall–Kier alpha value is -2.48. The van der Waals surface area contributed by atoms with Crippen LogP contribution in [0, 0.1) is 0 Å². The molecule has 0 unspecified atom stereocenters. The molecule has 21 heavy (non-hydrogen) atoms. The van der Waals surface area contributed by atoms with E-state index in [0.29, 0.717) is 5.69 Å². The van der Waals surface area contributed by atoms with Gasteiger partial charge in [0.05, 0.1) is 12.8 Å². The molecule has 1 heterocycles. The molecule has 1 aromatic carbocycles. The molecule has 0 saturated carbocycles. The van der Waals surface area contributed by atoms with E-state index in [-0.39, 0.29) is 21.9 Å². The van der Waals surface area contributed by atoms with Crippen molar-refractivity contribution < 1.29 is 13.2 Å². The molecule has 2 rings (SSSR count). The Bertz CT molecular complexity index is 828. The fraction of sp³-hybridized carbons (Fsp3) is 0.154. The van der Waals surface area contributed by atoms with Crippen LogP contribution < -0.4 is 20.8 Å². The molecule has 0 fully saturated rings. The summed E-state index contributed by atoms with van der Waals surface area (Å²) in [6.45, 7) is 0. The predicted octanol–water partition coefficient (Wildman–Crippen LogP) is 0.777. The van der Waals surface area contributed by atoms with Crippen molar-refractivity contribution in [3.8, 4) is 5.75 Å². The smallest absolute Gasteiger partial charge is 0.265 e. The SMILES string of the molecule is COc1ccc(N)cc1S(=O)(=O)Nc1ccc(=O)n(C)c1. The van der Waals surface area contributed by atoms with E-state index in [2.05, 4.69) is 4.72 Å². The number of benzene rings is 1. The van der Waals surface area contributed by atoms with Crippen molar-refractivity contribution in [1.29, 1.82) is 0 Å². The molecule has 3 N–H and O–H groups in total. The molecule has 0 aliphatic rings. The minimum Gasteiger partial charge on any atom is -0.495 e. The number of aromatic nitrogens is 1. The summed E-state index contributed by atoms with van der Waals surface area (Å²) in [6.07, 6.45) is 1.39. The fourth-order valence-corrected chi connectivity index (χ4v) is 3.02. The summed E-state index contributed by atoms with van der Waals surface area (Å²) in [6, 6.07) is 6.99. The van der Waals surface area contributed by atoms with Crippen LogP contribution in [0.25, 0.3) is 0 Å². The van der Waals surface area contributed by atoms with Gasteiger partial charge >= 0.3 is 0 Å². The van der Waals surface area contributed by atoms with Gasteiger partial charge in [-0.1, -0.05) is 0 Å². The number of ether oxygens (including phenoxy) is 1. The molecule has 0 amide bonds. The Morgan fingerprint density at radius 1 is 1.24 bits per heavy atom. The van der Waals surface area contributed by atoms with Gasteiger partial charge in [0.1, 0.15) is 10.6 Å². The minimum atomic E-state index is -3.88. The average molecular weight is 309 g/mol. The molecule has 0 spiro atoms. The van der Waals surface area contributed by atoms with Crippen LogP contribution >= 0.6 is 0 Å². The largest absolute Gasteiger partial charge is 0.495 e. The number of nitrogens with one attached hydrogen (secondary N) is 1. The third kappa shape index (κ3) is 3.16. The van der Waals surface area contributed by atoms with Gasteiger partial charge in [0, 0.05) is 25.0 Å². The zero-order valence-electron chi connectivity index (χ0n) is 11.5. The van der Waals surface area contributed by atoms with Crippen molar-refractivity contribution in [2.24, 2.45) is 7.05 Å². The molecule has 1 aromatic heterocycles. The predicted molar refractivity (Wildman–Crippen MR) is 79.9 cm³/mol. The summed E-state index contributed by atoms with van der Waals surface area (Å²) in [5, 5.41) is 0. The molecule has 0 aliphatic carbocycles. The van der Waals surface area contributed by atoms with E-state index in [9.17, 15) is 13.2 Å². The summed E-state index contributed by atoms with van der Waals surface area (Å²) in [7, 11) is -0.978. The van der Waals surface area contributed by atoms with E-state index in [1.165, 1.54) is 49.2 Å². The maximum Gasteiger partial charge on any atom is 0.265 e. The van der Waals surface area contributed by atoms with Crippen LogP contribution in [0.1, 0.15) is 0 Å². The van der Waals surface area contributed by atoms with E-state index in [1.807, 2.05) is 0 Å². The molecular formula is C13H15N3O4S. The van der Waals surface area contributed by atoms with Crippen LogP contribution in [0.2, 0.25) is 0 Å². The Kier molecular flexibility index (Phi) is 3.90. The third-order valence-electron chi connectivity index (χ3n) is 2.82. The highest BCUT2D eigenvalue weighted by atomic mass is 32.2. The number of rotatable bonds is 4. The first-order chi connectivity index (χ1) is 9.83.